The molecule has 2 N–H and O–H groups in total. The molecule has 1 aliphatic rings. The highest BCUT2D eigenvalue weighted by Gasteiger charge is 2.20. The van der Waals surface area contributed by atoms with E-state index in [0.29, 0.717) is 60.9 Å². The number of sulfonamides is 1. The predicted octanol–water partition coefficient (Wildman–Crippen LogP) is 3.68. The molecule has 9 nitrogen and oxygen atoms in total. The maximum absolute atomic E-state index is 14.4. The maximum atomic E-state index is 14.4. The number of aryl methyl sites for hydroxylation is 1. The third-order valence-electron chi connectivity index (χ3n) is 6.33. The van der Waals surface area contributed by atoms with Gasteiger partial charge in [-0.3, -0.25) is 14.4 Å². The van der Waals surface area contributed by atoms with E-state index in [1.807, 2.05) is 4.90 Å². The Labute approximate surface area is 217 Å². The molecular weight excluding hydrogens is 518 g/mol. The van der Waals surface area contributed by atoms with Gasteiger partial charge in [0.25, 0.3) is 5.56 Å². The number of benzene rings is 2. The number of anilines is 1. The molecule has 0 aliphatic carbocycles. The van der Waals surface area contributed by atoms with Crippen molar-refractivity contribution in [2.45, 2.75) is 0 Å². The van der Waals surface area contributed by atoms with Gasteiger partial charge in [0.05, 0.1) is 19.0 Å². The van der Waals surface area contributed by atoms with Crippen molar-refractivity contribution in [3.8, 4) is 22.6 Å². The molecule has 0 spiro atoms. The van der Waals surface area contributed by atoms with E-state index in [0.717, 1.165) is 6.07 Å². The summed E-state index contributed by atoms with van der Waals surface area (Å²) in [7, 11) is -2.11. The van der Waals surface area contributed by atoms with E-state index in [4.69, 9.17) is 9.47 Å². The molecule has 1 fully saturated rings. The first-order valence-electron chi connectivity index (χ1n) is 11.9. The summed E-state index contributed by atoms with van der Waals surface area (Å²) in [5.74, 6) is -1.77. The lowest BCUT2D eigenvalue weighted by molar-refractivity contribution is 0.0408. The number of halogens is 2. The van der Waals surface area contributed by atoms with Crippen molar-refractivity contribution in [2.24, 2.45) is 7.05 Å². The number of pyridine rings is 1. The molecule has 0 amide bonds. The van der Waals surface area contributed by atoms with E-state index in [9.17, 15) is 22.0 Å². The maximum Gasteiger partial charge on any atom is 0.274 e. The summed E-state index contributed by atoms with van der Waals surface area (Å²) in [5, 5.41) is 0.574. The fourth-order valence-corrected chi connectivity index (χ4v) is 5.44. The molecule has 200 valence electrons. The first kappa shape index (κ1) is 25.9. The second-order valence-corrected chi connectivity index (χ2v) is 10.8. The zero-order chi connectivity index (χ0) is 26.9. The normalized spacial score (nSPS) is 14.6. The summed E-state index contributed by atoms with van der Waals surface area (Å²) >= 11 is 0. The fourth-order valence-electron chi connectivity index (χ4n) is 4.36. The third-order valence-corrected chi connectivity index (χ3v) is 7.60. The highest BCUT2D eigenvalue weighted by atomic mass is 32.2. The van der Waals surface area contributed by atoms with Crippen molar-refractivity contribution in [2.75, 3.05) is 43.3 Å². The lowest BCUT2D eigenvalue weighted by Crippen LogP contribution is -2.39. The number of morpholine rings is 1. The summed E-state index contributed by atoms with van der Waals surface area (Å²) in [4.78, 5) is 17.5. The number of fused-ring (bicyclic) bond motifs is 1. The fraction of sp³-hybridized carbons (Fsp3) is 0.269. The van der Waals surface area contributed by atoms with Gasteiger partial charge in [-0.05, 0) is 36.4 Å². The molecule has 1 saturated heterocycles. The van der Waals surface area contributed by atoms with Gasteiger partial charge in [0.2, 0.25) is 10.0 Å². The summed E-state index contributed by atoms with van der Waals surface area (Å²) < 4.78 is 68.7. The summed E-state index contributed by atoms with van der Waals surface area (Å²) in [6, 6.07) is 9.24. The van der Waals surface area contributed by atoms with Gasteiger partial charge in [0, 0.05) is 67.3 Å². The zero-order valence-corrected chi connectivity index (χ0v) is 21.4. The van der Waals surface area contributed by atoms with Crippen LogP contribution in [0.1, 0.15) is 0 Å². The first-order chi connectivity index (χ1) is 18.2. The minimum absolute atomic E-state index is 0.108. The van der Waals surface area contributed by atoms with E-state index < -0.39 is 21.7 Å². The molecule has 0 bridgehead atoms. The van der Waals surface area contributed by atoms with Gasteiger partial charge in [-0.25, -0.2) is 17.2 Å². The molecule has 0 unspecified atom stereocenters. The Balaban J connectivity index is 1.52. The average Bonchev–Trinajstić information content (AvgIpc) is 3.38. The van der Waals surface area contributed by atoms with E-state index in [1.54, 1.807) is 31.6 Å². The smallest absolute Gasteiger partial charge is 0.274 e. The van der Waals surface area contributed by atoms with Crippen molar-refractivity contribution < 1.29 is 26.7 Å². The Morgan fingerprint density at radius 1 is 1.05 bits per heavy atom. The lowest BCUT2D eigenvalue weighted by Gasteiger charge is -2.26. The van der Waals surface area contributed by atoms with Crippen LogP contribution in [0.15, 0.2) is 59.7 Å². The number of aromatic nitrogens is 2. The number of rotatable bonds is 8. The van der Waals surface area contributed by atoms with Crippen LogP contribution in [0, 0.1) is 11.6 Å². The number of ether oxygens (including phenoxy) is 2. The quantitative estimate of drug-likeness (QED) is 0.351. The molecule has 4 aromatic rings. The third kappa shape index (κ3) is 5.57. The number of nitrogens with zero attached hydrogens (tertiary/aromatic N) is 2. The van der Waals surface area contributed by atoms with Gasteiger partial charge in [0.15, 0.2) is 11.6 Å². The predicted molar refractivity (Wildman–Crippen MR) is 140 cm³/mol. The minimum atomic E-state index is -3.70. The van der Waals surface area contributed by atoms with Gasteiger partial charge >= 0.3 is 0 Å². The van der Waals surface area contributed by atoms with Crippen molar-refractivity contribution in [3.05, 3.63) is 76.8 Å². The number of H-pyrrole nitrogens is 1. The second-order valence-electron chi connectivity index (χ2n) is 8.99. The molecule has 0 atom stereocenters. The molecular formula is C26H26F2N4O5S. The van der Waals surface area contributed by atoms with Crippen LogP contribution in [0.25, 0.3) is 22.0 Å². The highest BCUT2D eigenvalue weighted by molar-refractivity contribution is 7.92. The zero-order valence-electron chi connectivity index (χ0n) is 20.5. The molecule has 0 saturated carbocycles. The lowest BCUT2D eigenvalue weighted by atomic mass is 10.0. The van der Waals surface area contributed by atoms with Gasteiger partial charge in [-0.2, -0.15) is 0 Å². The molecule has 5 rings (SSSR count). The van der Waals surface area contributed by atoms with Gasteiger partial charge in [-0.15, -0.1) is 0 Å². The topological polar surface area (TPSA) is 106 Å². The average molecular weight is 545 g/mol. The van der Waals surface area contributed by atoms with Crippen LogP contribution in [0.3, 0.4) is 0 Å². The Kier molecular flexibility index (Phi) is 7.19. The second kappa shape index (κ2) is 10.6. The summed E-state index contributed by atoms with van der Waals surface area (Å²) in [5.41, 5.74) is 1.32. The van der Waals surface area contributed by atoms with Gasteiger partial charge < -0.3 is 19.0 Å². The Hall–Kier alpha value is -3.74. The largest absolute Gasteiger partial charge is 0.454 e. The van der Waals surface area contributed by atoms with Crippen molar-refractivity contribution in [1.29, 1.82) is 0 Å². The van der Waals surface area contributed by atoms with Crippen LogP contribution < -0.4 is 15.0 Å². The SMILES string of the molecule is Cn1cc(-c2cc(NS(=O)(=O)CCN3CCOCC3)ccc2Oc2ccc(F)cc2F)c2cc[nH]c2c1=O. The van der Waals surface area contributed by atoms with Crippen molar-refractivity contribution in [3.63, 3.8) is 0 Å². The van der Waals surface area contributed by atoms with Crippen LogP contribution in [-0.4, -0.2) is 61.5 Å². The Bertz CT molecular complexity index is 1650. The molecule has 12 heteroatoms. The molecule has 0 radical (unpaired) electrons. The van der Waals surface area contributed by atoms with Crippen LogP contribution in [0.2, 0.25) is 0 Å². The van der Waals surface area contributed by atoms with Crippen LogP contribution >= 0.6 is 0 Å². The van der Waals surface area contributed by atoms with E-state index in [1.165, 1.54) is 22.8 Å². The Morgan fingerprint density at radius 3 is 2.58 bits per heavy atom. The van der Waals surface area contributed by atoms with E-state index in [-0.39, 0.29) is 28.5 Å². The minimum Gasteiger partial charge on any atom is -0.454 e. The summed E-state index contributed by atoms with van der Waals surface area (Å²) in [6.45, 7) is 2.84. The molecule has 38 heavy (non-hydrogen) atoms. The number of hydrogen-bond donors (Lipinski definition) is 2. The first-order valence-corrected chi connectivity index (χ1v) is 13.6. The van der Waals surface area contributed by atoms with E-state index >= 15 is 0 Å². The summed E-state index contributed by atoms with van der Waals surface area (Å²) in [6.07, 6.45) is 3.21. The molecule has 2 aromatic carbocycles. The number of aromatic amines is 1. The Morgan fingerprint density at radius 2 is 1.82 bits per heavy atom. The number of nitrogens with one attached hydrogen (secondary N) is 2. The van der Waals surface area contributed by atoms with Crippen molar-refractivity contribution >= 4 is 26.6 Å². The number of hydrogen-bond acceptors (Lipinski definition) is 6. The monoisotopic (exact) mass is 544 g/mol. The molecule has 2 aromatic heterocycles. The van der Waals surface area contributed by atoms with Gasteiger partial charge in [0.1, 0.15) is 17.1 Å². The standard InChI is InChI=1S/C26H26F2N4O5S/c1-31-16-21(19-6-7-29-25(19)26(31)33)20-15-18(30-38(34,35)13-10-32-8-11-36-12-9-32)3-5-23(20)37-24-4-2-17(27)14-22(24)28/h2-7,14-16,29-30H,8-13H2,1H3. The highest BCUT2D eigenvalue weighted by Crippen LogP contribution is 2.39. The molecule has 3 heterocycles. The van der Waals surface area contributed by atoms with Crippen LogP contribution in [0.5, 0.6) is 11.5 Å². The van der Waals surface area contributed by atoms with Gasteiger partial charge in [-0.1, -0.05) is 0 Å². The molecule has 1 aliphatic heterocycles. The van der Waals surface area contributed by atoms with Crippen LogP contribution in [-0.2, 0) is 21.8 Å². The van der Waals surface area contributed by atoms with Crippen molar-refractivity contribution in [1.82, 2.24) is 14.5 Å². The van der Waals surface area contributed by atoms with E-state index in [2.05, 4.69) is 9.71 Å². The van der Waals surface area contributed by atoms with Crippen LogP contribution in [0.4, 0.5) is 14.5 Å².